The second-order valence-electron chi connectivity index (χ2n) is 25.8. The lowest BCUT2D eigenvalue weighted by molar-refractivity contribution is 1.17. The normalized spacial score (nSPS) is 11.6. The summed E-state index contributed by atoms with van der Waals surface area (Å²) >= 11 is 0. The third-order valence-corrected chi connectivity index (χ3v) is 20.0. The lowest BCUT2D eigenvalue weighted by Gasteiger charge is -2.11. The highest BCUT2D eigenvalue weighted by molar-refractivity contribution is 6.15. The molecular formula is C94H62N6. The van der Waals surface area contributed by atoms with Crippen LogP contribution < -0.4 is 0 Å². The topological polar surface area (TPSA) is 45.5 Å². The van der Waals surface area contributed by atoms with Crippen LogP contribution in [-0.2, 0) is 0 Å². The van der Waals surface area contributed by atoms with Gasteiger partial charge in [0.2, 0.25) is 0 Å². The summed E-state index contributed by atoms with van der Waals surface area (Å²) in [5.74, 6) is 0. The number of aromatic nitrogens is 6. The number of hydrogen-bond donors (Lipinski definition) is 0. The number of rotatable bonds is 10. The van der Waals surface area contributed by atoms with Crippen LogP contribution in [0.15, 0.2) is 377 Å². The Morgan fingerprint density at radius 2 is 0.400 bits per heavy atom. The predicted octanol–water partition coefficient (Wildman–Crippen LogP) is 24.6. The van der Waals surface area contributed by atoms with Crippen molar-refractivity contribution < 1.29 is 0 Å². The van der Waals surface area contributed by atoms with E-state index < -0.39 is 0 Å². The minimum atomic E-state index is 1.10. The molecule has 0 N–H and O–H groups in total. The van der Waals surface area contributed by atoms with Crippen LogP contribution in [-0.4, -0.2) is 28.2 Å². The Bertz CT molecular complexity index is 6300. The molecule has 0 saturated heterocycles. The Labute approximate surface area is 578 Å². The molecular weight excluding hydrogens is 1210 g/mol. The summed E-state index contributed by atoms with van der Waals surface area (Å²) in [4.78, 5) is 9.09. The molecule has 0 saturated carbocycles. The number of para-hydroxylation sites is 2. The second kappa shape index (κ2) is 24.3. The molecule has 0 aliphatic heterocycles. The Kier molecular flexibility index (Phi) is 14.1. The molecule has 6 aromatic heterocycles. The van der Waals surface area contributed by atoms with Crippen LogP contribution in [0.2, 0.25) is 0 Å². The summed E-state index contributed by atoms with van der Waals surface area (Å²) in [5.41, 5.74) is 28.3. The first kappa shape index (κ1) is 58.0. The lowest BCUT2D eigenvalue weighted by Crippen LogP contribution is -1.95. The standard InChI is InChI=1S/2C47H31N3/c1-3-11-32(12-4-1)34-15-9-17-38(27-34)49-44-20-8-7-19-40(44)42-29-36(21-23-45(42)49)37-22-24-46-43(30-37)41-25-26-48-31-47(41)50(46)39-18-10-16-35(28-39)33-13-5-2-6-14-33;1-3-10-32(11-4-1)34-18-22-38(23-19-34)49-44-17-8-7-16-40(44)42-29-36(20-24-45(42)49)37-21-25-46-43(30-37)41-26-27-48-31-47(41)50(46)39-15-9-14-35(28-39)33-12-5-2-6-13-33/h2*1-31H. The first-order valence-corrected chi connectivity index (χ1v) is 34.1. The minimum absolute atomic E-state index is 1.10. The van der Waals surface area contributed by atoms with E-state index in [2.05, 4.69) is 380 Å². The van der Waals surface area contributed by atoms with Gasteiger partial charge in [-0.15, -0.1) is 0 Å². The Balaban J connectivity index is 0.000000139. The summed E-state index contributed by atoms with van der Waals surface area (Å²) < 4.78 is 9.47. The van der Waals surface area contributed by atoms with Gasteiger partial charge in [0.25, 0.3) is 0 Å². The maximum Gasteiger partial charge on any atom is 0.0724 e. The van der Waals surface area contributed by atoms with Crippen molar-refractivity contribution in [2.45, 2.75) is 0 Å². The van der Waals surface area contributed by atoms with E-state index >= 15 is 0 Å². The fraction of sp³-hybridized carbons (Fsp3) is 0. The van der Waals surface area contributed by atoms with E-state index in [0.717, 1.165) is 39.3 Å². The van der Waals surface area contributed by atoms with Gasteiger partial charge in [-0.2, -0.15) is 0 Å². The molecule has 0 radical (unpaired) electrons. The molecule has 0 atom stereocenters. The average Bonchev–Trinajstić information content (AvgIpc) is 1.60. The summed E-state index contributed by atoms with van der Waals surface area (Å²) in [6, 6.07) is 127. The van der Waals surface area contributed by atoms with Gasteiger partial charge in [-0.05, 0) is 188 Å². The number of hydrogen-bond acceptors (Lipinski definition) is 2. The first-order valence-electron chi connectivity index (χ1n) is 34.1. The van der Waals surface area contributed by atoms with Gasteiger partial charge >= 0.3 is 0 Å². The van der Waals surface area contributed by atoms with E-state index in [0.29, 0.717) is 0 Å². The molecule has 0 unspecified atom stereocenters. The van der Waals surface area contributed by atoms with Crippen LogP contribution in [0.25, 0.3) is 177 Å². The van der Waals surface area contributed by atoms with Crippen molar-refractivity contribution in [1.29, 1.82) is 0 Å². The van der Waals surface area contributed by atoms with Gasteiger partial charge < -0.3 is 18.3 Å². The molecule has 468 valence electrons. The van der Waals surface area contributed by atoms with Gasteiger partial charge in [-0.1, -0.05) is 231 Å². The molecule has 0 fully saturated rings. The molecule has 6 heteroatoms. The van der Waals surface area contributed by atoms with Crippen LogP contribution in [0.1, 0.15) is 0 Å². The van der Waals surface area contributed by atoms with Crippen LogP contribution >= 0.6 is 0 Å². The summed E-state index contributed by atoms with van der Waals surface area (Å²) in [6.45, 7) is 0. The smallest absolute Gasteiger partial charge is 0.0724 e. The maximum absolute atomic E-state index is 4.55. The summed E-state index contributed by atoms with van der Waals surface area (Å²) in [5, 5.41) is 9.80. The number of benzene rings is 14. The van der Waals surface area contributed by atoms with Crippen molar-refractivity contribution in [2.75, 3.05) is 0 Å². The van der Waals surface area contributed by atoms with Crippen LogP contribution in [0, 0.1) is 0 Å². The molecule has 0 amide bonds. The van der Waals surface area contributed by atoms with E-state index in [-0.39, 0.29) is 0 Å². The molecule has 100 heavy (non-hydrogen) atoms. The Morgan fingerprint density at radius 3 is 0.760 bits per heavy atom. The molecule has 6 nitrogen and oxygen atoms in total. The SMILES string of the molecule is c1ccc(-c2ccc(-n3c4ccccc4c4cc(-c5ccc6c(c5)c5ccncc5n6-c5cccc(-c6ccccc6)c5)ccc43)cc2)cc1.c1ccc(-c2cccc(-n3c4ccccc4c4cc(-c5ccc6c(c5)c5ccncc5n6-c5cccc(-c6ccccc6)c5)ccc43)c2)cc1. The van der Waals surface area contributed by atoms with Gasteiger partial charge in [0.05, 0.1) is 56.5 Å². The molecule has 6 heterocycles. The van der Waals surface area contributed by atoms with Crippen molar-refractivity contribution in [3.63, 3.8) is 0 Å². The van der Waals surface area contributed by atoms with E-state index in [4.69, 9.17) is 0 Å². The van der Waals surface area contributed by atoms with Crippen LogP contribution in [0.3, 0.4) is 0 Å². The molecule has 0 aliphatic carbocycles. The van der Waals surface area contributed by atoms with Gasteiger partial charge in [0.1, 0.15) is 0 Å². The quantitative estimate of drug-likeness (QED) is 0.137. The average molecular weight is 1280 g/mol. The van der Waals surface area contributed by atoms with Gasteiger partial charge in [0.15, 0.2) is 0 Å². The zero-order valence-corrected chi connectivity index (χ0v) is 54.5. The summed E-state index contributed by atoms with van der Waals surface area (Å²) in [7, 11) is 0. The molecule has 0 aliphatic rings. The third kappa shape index (κ3) is 10.0. The van der Waals surface area contributed by atoms with Crippen molar-refractivity contribution in [3.05, 3.63) is 377 Å². The molecule has 0 spiro atoms. The molecule has 20 rings (SSSR count). The van der Waals surface area contributed by atoms with Gasteiger partial charge in [0, 0.05) is 78.2 Å². The van der Waals surface area contributed by atoms with E-state index in [1.807, 2.05) is 24.8 Å². The lowest BCUT2D eigenvalue weighted by atomic mass is 10.0. The highest BCUT2D eigenvalue weighted by Crippen LogP contribution is 2.42. The predicted molar refractivity (Wildman–Crippen MR) is 418 cm³/mol. The summed E-state index contributed by atoms with van der Waals surface area (Å²) in [6.07, 6.45) is 7.76. The fourth-order valence-corrected chi connectivity index (χ4v) is 15.3. The van der Waals surface area contributed by atoms with Crippen molar-refractivity contribution in [1.82, 2.24) is 28.2 Å². The van der Waals surface area contributed by atoms with E-state index in [9.17, 15) is 0 Å². The Morgan fingerprint density at radius 1 is 0.150 bits per heavy atom. The van der Waals surface area contributed by atoms with Crippen molar-refractivity contribution in [3.8, 4) is 89.5 Å². The highest BCUT2D eigenvalue weighted by atomic mass is 15.0. The van der Waals surface area contributed by atoms with Crippen LogP contribution in [0.5, 0.6) is 0 Å². The Hall–Kier alpha value is -13.4. The minimum Gasteiger partial charge on any atom is -0.309 e. The number of fused-ring (bicyclic) bond motifs is 12. The second-order valence-corrected chi connectivity index (χ2v) is 25.8. The number of pyridine rings is 2. The molecule has 14 aromatic carbocycles. The zero-order valence-electron chi connectivity index (χ0n) is 54.5. The number of nitrogens with zero attached hydrogens (tertiary/aromatic N) is 6. The van der Waals surface area contributed by atoms with Gasteiger partial charge in [-0.25, -0.2) is 0 Å². The van der Waals surface area contributed by atoms with E-state index in [1.165, 1.54) is 137 Å². The maximum atomic E-state index is 4.55. The largest absolute Gasteiger partial charge is 0.309 e. The first-order chi connectivity index (χ1) is 49.6. The van der Waals surface area contributed by atoms with Crippen LogP contribution in [0.4, 0.5) is 0 Å². The van der Waals surface area contributed by atoms with Crippen molar-refractivity contribution in [2.24, 2.45) is 0 Å². The van der Waals surface area contributed by atoms with Crippen molar-refractivity contribution >= 4 is 87.2 Å². The zero-order chi connectivity index (χ0) is 66.0. The monoisotopic (exact) mass is 1270 g/mol. The molecule has 20 aromatic rings. The highest BCUT2D eigenvalue weighted by Gasteiger charge is 2.20. The fourth-order valence-electron chi connectivity index (χ4n) is 15.3. The third-order valence-electron chi connectivity index (χ3n) is 20.0. The van der Waals surface area contributed by atoms with Gasteiger partial charge in [-0.3, -0.25) is 9.97 Å². The molecule has 0 bridgehead atoms. The van der Waals surface area contributed by atoms with E-state index in [1.54, 1.807) is 0 Å².